The summed E-state index contributed by atoms with van der Waals surface area (Å²) in [6.07, 6.45) is 4.95. The minimum absolute atomic E-state index is 0.0489. The number of hydrogen-bond donors (Lipinski definition) is 1. The third-order valence-corrected chi connectivity index (χ3v) is 6.74. The van der Waals surface area contributed by atoms with Gasteiger partial charge in [-0.3, -0.25) is 19.4 Å². The minimum Gasteiger partial charge on any atom is -0.494 e. The van der Waals surface area contributed by atoms with Gasteiger partial charge in [0.05, 0.1) is 19.3 Å². The Morgan fingerprint density at radius 2 is 2.00 bits per heavy atom. The van der Waals surface area contributed by atoms with Crippen molar-refractivity contribution in [1.82, 2.24) is 9.88 Å². The second kappa shape index (κ2) is 10.7. The average Bonchev–Trinajstić information content (AvgIpc) is 3.39. The van der Waals surface area contributed by atoms with Crippen molar-refractivity contribution in [2.24, 2.45) is 0 Å². The highest BCUT2D eigenvalue weighted by molar-refractivity contribution is 5.99. The molecule has 4 heterocycles. The standard InChI is InChI=1S/C18H24N4O3.C7H6F2O/c1-11-3-6-15(25-11)17(23)20-12-7-8-19-16(9-12)22-10-13-4-5-14(18(22)24)21(13)2;1-10-6-4-2-3-5(8)7(6)9/h7-9,11,13-15H,3-6,10H2,1-2H3,(H,19,20,23);2-4H,1H3/t11?,13-,14?,15?;/m1./s1. The first-order chi connectivity index (χ1) is 16.8. The topological polar surface area (TPSA) is 84.0 Å². The van der Waals surface area contributed by atoms with E-state index >= 15 is 0 Å². The molecular weight excluding hydrogens is 458 g/mol. The first-order valence-corrected chi connectivity index (χ1v) is 11.7. The van der Waals surface area contributed by atoms with Gasteiger partial charge in [0.2, 0.25) is 11.7 Å². The summed E-state index contributed by atoms with van der Waals surface area (Å²) in [7, 11) is 3.31. The van der Waals surface area contributed by atoms with Gasteiger partial charge in [0, 0.05) is 30.5 Å². The third-order valence-electron chi connectivity index (χ3n) is 6.74. The number of benzene rings is 1. The Morgan fingerprint density at radius 1 is 1.20 bits per heavy atom. The molecule has 3 fully saturated rings. The van der Waals surface area contributed by atoms with Crippen molar-refractivity contribution in [1.29, 1.82) is 0 Å². The summed E-state index contributed by atoms with van der Waals surface area (Å²) in [5, 5.41) is 2.89. The number of carbonyl (C=O) groups is 2. The summed E-state index contributed by atoms with van der Waals surface area (Å²) >= 11 is 0. The van der Waals surface area contributed by atoms with Crippen molar-refractivity contribution in [3.05, 3.63) is 48.2 Å². The van der Waals surface area contributed by atoms with Gasteiger partial charge in [0.15, 0.2) is 11.6 Å². The van der Waals surface area contributed by atoms with Crippen LogP contribution in [0.3, 0.4) is 0 Å². The summed E-state index contributed by atoms with van der Waals surface area (Å²) < 4.78 is 34.9. The van der Waals surface area contributed by atoms with Crippen LogP contribution in [0.1, 0.15) is 32.6 Å². The summed E-state index contributed by atoms with van der Waals surface area (Å²) in [5.74, 6) is -1.33. The molecule has 3 aliphatic rings. The Kier molecular flexibility index (Phi) is 7.61. The van der Waals surface area contributed by atoms with Gasteiger partial charge < -0.3 is 14.8 Å². The molecule has 3 unspecified atom stereocenters. The molecule has 1 aromatic carbocycles. The highest BCUT2D eigenvalue weighted by Gasteiger charge is 2.44. The van der Waals surface area contributed by atoms with Crippen molar-refractivity contribution in [2.75, 3.05) is 30.9 Å². The van der Waals surface area contributed by atoms with E-state index in [0.29, 0.717) is 24.1 Å². The van der Waals surface area contributed by atoms with E-state index in [0.717, 1.165) is 31.7 Å². The number of fused-ring (bicyclic) bond motifs is 2. The number of anilines is 2. The molecule has 2 amide bonds. The number of ether oxygens (including phenoxy) is 2. The number of methoxy groups -OCH3 is 1. The van der Waals surface area contributed by atoms with Crippen LogP contribution >= 0.6 is 0 Å². The number of nitrogens with one attached hydrogen (secondary N) is 1. The largest absolute Gasteiger partial charge is 0.494 e. The SMILES string of the molecule is CC1CCC(C(=O)Nc2ccnc(N3C[C@H]4CCC(C3=O)N4C)c2)O1.COc1cccc(F)c1F. The van der Waals surface area contributed by atoms with E-state index in [1.807, 2.05) is 14.0 Å². The molecule has 10 heteroatoms. The molecule has 35 heavy (non-hydrogen) atoms. The smallest absolute Gasteiger partial charge is 0.253 e. The molecule has 8 nitrogen and oxygen atoms in total. The van der Waals surface area contributed by atoms with Crippen LogP contribution in [-0.2, 0) is 14.3 Å². The molecule has 0 radical (unpaired) electrons. The molecule has 5 rings (SSSR count). The lowest BCUT2D eigenvalue weighted by atomic mass is 10.2. The number of aromatic nitrogens is 1. The van der Waals surface area contributed by atoms with Crippen LogP contribution in [-0.4, -0.2) is 66.7 Å². The molecule has 1 aromatic heterocycles. The maximum atomic E-state index is 12.7. The monoisotopic (exact) mass is 488 g/mol. The third kappa shape index (κ3) is 5.43. The fraction of sp³-hybridized carbons (Fsp3) is 0.480. The fourth-order valence-electron chi connectivity index (χ4n) is 4.72. The van der Waals surface area contributed by atoms with Crippen LogP contribution in [0.25, 0.3) is 0 Å². The Balaban J connectivity index is 0.000000243. The molecule has 2 bridgehead atoms. The van der Waals surface area contributed by atoms with Gasteiger partial charge in [-0.25, -0.2) is 9.37 Å². The minimum atomic E-state index is -0.940. The van der Waals surface area contributed by atoms with Crippen LogP contribution in [0.15, 0.2) is 36.5 Å². The predicted molar refractivity (Wildman–Crippen MR) is 126 cm³/mol. The van der Waals surface area contributed by atoms with Crippen molar-refractivity contribution >= 4 is 23.3 Å². The van der Waals surface area contributed by atoms with Crippen LogP contribution in [0.2, 0.25) is 0 Å². The highest BCUT2D eigenvalue weighted by atomic mass is 19.2. The Morgan fingerprint density at radius 3 is 2.69 bits per heavy atom. The average molecular weight is 489 g/mol. The quantitative estimate of drug-likeness (QED) is 0.711. The van der Waals surface area contributed by atoms with Gasteiger partial charge in [-0.2, -0.15) is 4.39 Å². The zero-order valence-electron chi connectivity index (χ0n) is 20.0. The molecule has 0 spiro atoms. The zero-order chi connectivity index (χ0) is 25.1. The van der Waals surface area contributed by atoms with E-state index in [4.69, 9.17) is 4.74 Å². The number of carbonyl (C=O) groups excluding carboxylic acids is 2. The van der Waals surface area contributed by atoms with Gasteiger partial charge in [0.1, 0.15) is 11.9 Å². The van der Waals surface area contributed by atoms with Crippen molar-refractivity contribution in [2.45, 2.75) is 56.9 Å². The first kappa shape index (κ1) is 25.0. The summed E-state index contributed by atoms with van der Waals surface area (Å²) in [6.45, 7) is 2.63. The second-order valence-electron chi connectivity index (χ2n) is 9.02. The fourth-order valence-corrected chi connectivity index (χ4v) is 4.72. The lowest BCUT2D eigenvalue weighted by Gasteiger charge is -2.37. The molecular formula is C25H30F2N4O4. The maximum absolute atomic E-state index is 12.7. The van der Waals surface area contributed by atoms with E-state index in [9.17, 15) is 18.4 Å². The Bertz CT molecular complexity index is 1090. The predicted octanol–water partition coefficient (Wildman–Crippen LogP) is 3.37. The lowest BCUT2D eigenvalue weighted by Crippen LogP contribution is -2.56. The summed E-state index contributed by atoms with van der Waals surface area (Å²) in [4.78, 5) is 33.3. The first-order valence-electron chi connectivity index (χ1n) is 11.7. The number of piperazine rings is 1. The van der Waals surface area contributed by atoms with Crippen molar-refractivity contribution < 1.29 is 27.8 Å². The number of nitrogens with zero attached hydrogens (tertiary/aromatic N) is 3. The van der Waals surface area contributed by atoms with Gasteiger partial charge in [-0.1, -0.05) is 6.07 Å². The van der Waals surface area contributed by atoms with Crippen LogP contribution in [0, 0.1) is 11.6 Å². The summed E-state index contributed by atoms with van der Waals surface area (Å²) in [6, 6.07) is 7.64. The summed E-state index contributed by atoms with van der Waals surface area (Å²) in [5.41, 5.74) is 0.650. The Hall–Kier alpha value is -3.11. The van der Waals surface area contributed by atoms with E-state index in [2.05, 4.69) is 19.9 Å². The lowest BCUT2D eigenvalue weighted by molar-refractivity contribution is -0.126. The van der Waals surface area contributed by atoms with E-state index in [1.54, 1.807) is 23.2 Å². The Labute approximate surface area is 203 Å². The van der Waals surface area contributed by atoms with Crippen LogP contribution in [0.4, 0.5) is 20.3 Å². The molecule has 3 aliphatic heterocycles. The van der Waals surface area contributed by atoms with Crippen LogP contribution < -0.4 is 15.0 Å². The van der Waals surface area contributed by atoms with Gasteiger partial charge in [0.25, 0.3) is 5.91 Å². The molecule has 4 atom stereocenters. The van der Waals surface area contributed by atoms with E-state index in [1.165, 1.54) is 19.2 Å². The molecule has 1 N–H and O–H groups in total. The molecule has 2 aromatic rings. The number of halogens is 2. The van der Waals surface area contributed by atoms with E-state index in [-0.39, 0.29) is 29.7 Å². The number of rotatable bonds is 4. The van der Waals surface area contributed by atoms with Gasteiger partial charge in [-0.05, 0) is 57.9 Å². The molecule has 0 aliphatic carbocycles. The van der Waals surface area contributed by atoms with Gasteiger partial charge in [-0.15, -0.1) is 0 Å². The molecule has 3 saturated heterocycles. The van der Waals surface area contributed by atoms with Crippen molar-refractivity contribution in [3.63, 3.8) is 0 Å². The van der Waals surface area contributed by atoms with Gasteiger partial charge >= 0.3 is 0 Å². The maximum Gasteiger partial charge on any atom is 0.253 e. The number of pyridine rings is 1. The highest BCUT2D eigenvalue weighted by Crippen LogP contribution is 2.32. The number of amides is 2. The van der Waals surface area contributed by atoms with Crippen molar-refractivity contribution in [3.8, 4) is 5.75 Å². The number of hydrogen-bond acceptors (Lipinski definition) is 6. The molecule has 188 valence electrons. The normalized spacial score (nSPS) is 25.7. The number of likely N-dealkylation sites (N-methyl/N-ethyl adjacent to an activating group) is 1. The second-order valence-corrected chi connectivity index (χ2v) is 9.02. The molecule has 0 saturated carbocycles. The van der Waals surface area contributed by atoms with Crippen LogP contribution in [0.5, 0.6) is 5.75 Å². The zero-order valence-corrected chi connectivity index (χ0v) is 20.0. The van der Waals surface area contributed by atoms with E-state index < -0.39 is 17.7 Å².